The van der Waals surface area contributed by atoms with Gasteiger partial charge in [-0.05, 0) is 56.1 Å². The molecule has 1 heterocycles. The van der Waals surface area contributed by atoms with Gasteiger partial charge in [-0.2, -0.15) is 0 Å². The normalized spacial score (nSPS) is 18.3. The highest BCUT2D eigenvalue weighted by Gasteiger charge is 2.06. The molecule has 3 heteroatoms. The maximum atomic E-state index is 12.9. The summed E-state index contributed by atoms with van der Waals surface area (Å²) in [5.74, 6) is -0.173. The van der Waals surface area contributed by atoms with Crippen molar-refractivity contribution in [3.63, 3.8) is 0 Å². The van der Waals surface area contributed by atoms with Crippen molar-refractivity contribution < 1.29 is 4.39 Å². The highest BCUT2D eigenvalue weighted by Crippen LogP contribution is 2.15. The van der Waals surface area contributed by atoms with Crippen LogP contribution < -0.4 is 5.32 Å². The average molecular weight is 262 g/mol. The van der Waals surface area contributed by atoms with Crippen molar-refractivity contribution in [1.29, 1.82) is 0 Å². The molecule has 0 atom stereocenters. The second-order valence-electron chi connectivity index (χ2n) is 5.13. The van der Waals surface area contributed by atoms with Crippen LogP contribution in [0, 0.1) is 5.82 Å². The van der Waals surface area contributed by atoms with Crippen molar-refractivity contribution in [2.45, 2.75) is 19.8 Å². The van der Waals surface area contributed by atoms with Gasteiger partial charge in [-0.1, -0.05) is 18.2 Å². The van der Waals surface area contributed by atoms with Gasteiger partial charge in [0.2, 0.25) is 0 Å². The van der Waals surface area contributed by atoms with Crippen molar-refractivity contribution in [2.24, 2.45) is 0 Å². The fraction of sp³-hybridized carbons (Fsp3) is 0.500. The average Bonchev–Trinajstić information content (AvgIpc) is 2.68. The van der Waals surface area contributed by atoms with Gasteiger partial charge in [0.05, 0.1) is 0 Å². The zero-order valence-electron chi connectivity index (χ0n) is 11.7. The quantitative estimate of drug-likeness (QED) is 0.897. The summed E-state index contributed by atoms with van der Waals surface area (Å²) < 4.78 is 12.9. The van der Waals surface area contributed by atoms with E-state index in [-0.39, 0.29) is 5.82 Å². The number of hydrogen-bond donors (Lipinski definition) is 1. The highest BCUT2D eigenvalue weighted by molar-refractivity contribution is 5.63. The van der Waals surface area contributed by atoms with Crippen LogP contribution in [0.4, 0.5) is 4.39 Å². The molecule has 1 aromatic rings. The molecule has 0 unspecified atom stereocenters. The van der Waals surface area contributed by atoms with E-state index < -0.39 is 0 Å². The molecule has 0 aromatic heterocycles. The van der Waals surface area contributed by atoms with Gasteiger partial charge in [-0.25, -0.2) is 4.39 Å². The Hall–Kier alpha value is -1.19. The van der Waals surface area contributed by atoms with E-state index in [1.807, 2.05) is 12.1 Å². The zero-order chi connectivity index (χ0) is 13.5. The van der Waals surface area contributed by atoms with Crippen LogP contribution in [0.3, 0.4) is 0 Å². The Kier molecular flexibility index (Phi) is 5.55. The Morgan fingerprint density at radius 2 is 2.05 bits per heavy atom. The fourth-order valence-corrected chi connectivity index (χ4v) is 2.42. The van der Waals surface area contributed by atoms with E-state index >= 15 is 0 Å². The first-order chi connectivity index (χ1) is 9.25. The molecule has 0 amide bonds. The first-order valence-electron chi connectivity index (χ1n) is 7.11. The highest BCUT2D eigenvalue weighted by atomic mass is 19.1. The third-order valence-corrected chi connectivity index (χ3v) is 3.63. The van der Waals surface area contributed by atoms with Gasteiger partial charge < -0.3 is 10.2 Å². The molecule has 0 aliphatic carbocycles. The number of rotatable bonds is 4. The van der Waals surface area contributed by atoms with E-state index in [1.165, 1.54) is 30.7 Å². The van der Waals surface area contributed by atoms with Crippen LogP contribution in [0.5, 0.6) is 0 Å². The largest absolute Gasteiger partial charge is 0.315 e. The molecule has 0 radical (unpaired) electrons. The summed E-state index contributed by atoms with van der Waals surface area (Å²) >= 11 is 0. The van der Waals surface area contributed by atoms with E-state index in [0.29, 0.717) is 0 Å². The molecule has 104 valence electrons. The first-order valence-corrected chi connectivity index (χ1v) is 7.11. The Bertz CT molecular complexity index is 403. The Morgan fingerprint density at radius 1 is 1.26 bits per heavy atom. The molecule has 1 aliphatic rings. The van der Waals surface area contributed by atoms with Crippen LogP contribution in [0.15, 0.2) is 30.3 Å². The molecule has 0 bridgehead atoms. The van der Waals surface area contributed by atoms with Crippen molar-refractivity contribution in [3.8, 4) is 0 Å². The van der Waals surface area contributed by atoms with Gasteiger partial charge in [0, 0.05) is 19.6 Å². The number of allylic oxidation sites excluding steroid dienone is 1. The molecule has 0 saturated carbocycles. The zero-order valence-corrected chi connectivity index (χ0v) is 11.7. The Balaban J connectivity index is 1.82. The predicted octanol–water partition coefficient (Wildman–Crippen LogP) is 2.91. The number of nitrogens with one attached hydrogen (secondary N) is 1. The lowest BCUT2D eigenvalue weighted by Crippen LogP contribution is -2.28. The Morgan fingerprint density at radius 3 is 2.84 bits per heavy atom. The van der Waals surface area contributed by atoms with Crippen LogP contribution >= 0.6 is 0 Å². The molecule has 2 nitrogen and oxygen atoms in total. The minimum Gasteiger partial charge on any atom is -0.315 e. The van der Waals surface area contributed by atoms with E-state index in [1.54, 1.807) is 0 Å². The summed E-state index contributed by atoms with van der Waals surface area (Å²) in [4.78, 5) is 2.51. The van der Waals surface area contributed by atoms with Crippen molar-refractivity contribution in [2.75, 3.05) is 32.7 Å². The summed E-state index contributed by atoms with van der Waals surface area (Å²) in [6.07, 6.45) is 4.55. The SMILES string of the molecule is C/C(=C\CCN1CCCNCC1)c1ccc(F)cc1. The van der Waals surface area contributed by atoms with Gasteiger partial charge in [-0.15, -0.1) is 0 Å². The molecule has 1 aromatic carbocycles. The lowest BCUT2D eigenvalue weighted by atomic mass is 10.1. The van der Waals surface area contributed by atoms with Gasteiger partial charge in [-0.3, -0.25) is 0 Å². The Labute approximate surface area is 115 Å². The van der Waals surface area contributed by atoms with Gasteiger partial charge in [0.15, 0.2) is 0 Å². The van der Waals surface area contributed by atoms with Gasteiger partial charge in [0.25, 0.3) is 0 Å². The summed E-state index contributed by atoms with van der Waals surface area (Å²) in [5, 5.41) is 3.41. The lowest BCUT2D eigenvalue weighted by molar-refractivity contribution is 0.298. The minimum absolute atomic E-state index is 0.173. The van der Waals surface area contributed by atoms with Crippen molar-refractivity contribution in [1.82, 2.24) is 10.2 Å². The van der Waals surface area contributed by atoms with Gasteiger partial charge in [0.1, 0.15) is 5.82 Å². The molecule has 1 aliphatic heterocycles. The molecular formula is C16H23FN2. The molecule has 1 saturated heterocycles. The second kappa shape index (κ2) is 7.41. The maximum absolute atomic E-state index is 12.9. The van der Waals surface area contributed by atoms with Crippen LogP contribution in [0.2, 0.25) is 0 Å². The molecule has 0 spiro atoms. The van der Waals surface area contributed by atoms with E-state index in [4.69, 9.17) is 0 Å². The summed E-state index contributed by atoms with van der Waals surface area (Å²) in [6, 6.07) is 6.73. The molecular weight excluding hydrogens is 239 g/mol. The predicted molar refractivity (Wildman–Crippen MR) is 78.6 cm³/mol. The van der Waals surface area contributed by atoms with Crippen LogP contribution in [-0.2, 0) is 0 Å². The van der Waals surface area contributed by atoms with Crippen LogP contribution in [0.25, 0.3) is 5.57 Å². The topological polar surface area (TPSA) is 15.3 Å². The van der Waals surface area contributed by atoms with E-state index in [9.17, 15) is 4.39 Å². The van der Waals surface area contributed by atoms with Gasteiger partial charge >= 0.3 is 0 Å². The van der Waals surface area contributed by atoms with E-state index in [0.717, 1.165) is 38.2 Å². The number of benzene rings is 1. The summed E-state index contributed by atoms with van der Waals surface area (Å²) in [5.41, 5.74) is 2.34. The maximum Gasteiger partial charge on any atom is 0.123 e. The third kappa shape index (κ3) is 4.77. The number of hydrogen-bond acceptors (Lipinski definition) is 2. The standard InChI is InChI=1S/C16H23FN2/c1-14(15-5-7-16(17)8-6-15)4-2-11-19-12-3-9-18-10-13-19/h4-8,18H,2-3,9-13H2,1H3/b14-4+. The molecule has 1 fully saturated rings. The molecule has 2 rings (SSSR count). The monoisotopic (exact) mass is 262 g/mol. The summed E-state index contributed by atoms with van der Waals surface area (Å²) in [6.45, 7) is 7.78. The summed E-state index contributed by atoms with van der Waals surface area (Å²) in [7, 11) is 0. The fourth-order valence-electron chi connectivity index (χ4n) is 2.42. The third-order valence-electron chi connectivity index (χ3n) is 3.63. The van der Waals surface area contributed by atoms with Crippen LogP contribution in [0.1, 0.15) is 25.3 Å². The van der Waals surface area contributed by atoms with Crippen LogP contribution in [-0.4, -0.2) is 37.6 Å². The van der Waals surface area contributed by atoms with E-state index in [2.05, 4.69) is 23.2 Å². The molecule has 19 heavy (non-hydrogen) atoms. The van der Waals surface area contributed by atoms with Crippen molar-refractivity contribution >= 4 is 5.57 Å². The smallest absolute Gasteiger partial charge is 0.123 e. The van der Waals surface area contributed by atoms with Crippen molar-refractivity contribution in [3.05, 3.63) is 41.7 Å². The minimum atomic E-state index is -0.173. The first kappa shape index (κ1) is 14.2. The number of halogens is 1. The number of nitrogens with zero attached hydrogens (tertiary/aromatic N) is 1. The molecule has 1 N–H and O–H groups in total. The lowest BCUT2D eigenvalue weighted by Gasteiger charge is -2.18. The second-order valence-corrected chi connectivity index (χ2v) is 5.13.